The highest BCUT2D eigenvalue weighted by Gasteiger charge is 2.13. The molecule has 0 amide bonds. The molecule has 0 radical (unpaired) electrons. The van der Waals surface area contributed by atoms with E-state index in [0.29, 0.717) is 0 Å². The fourth-order valence-electron chi connectivity index (χ4n) is 2.98. The van der Waals surface area contributed by atoms with Crippen molar-refractivity contribution in [1.29, 1.82) is 0 Å². The van der Waals surface area contributed by atoms with Crippen LogP contribution in [0.2, 0.25) is 0 Å². The number of fused-ring (bicyclic) bond motifs is 1. The Labute approximate surface area is 139 Å². The quantitative estimate of drug-likeness (QED) is 0.540. The molecule has 0 bridgehead atoms. The lowest BCUT2D eigenvalue weighted by Crippen LogP contribution is -2.07. The van der Waals surface area contributed by atoms with Gasteiger partial charge in [0.05, 0.1) is 5.52 Å². The number of aromatic nitrogens is 5. The molecule has 0 unspecified atom stereocenters. The first-order valence-electron chi connectivity index (χ1n) is 7.84. The summed E-state index contributed by atoms with van der Waals surface area (Å²) in [5, 5.41) is 11.7. The van der Waals surface area contributed by atoms with Gasteiger partial charge in [-0.15, -0.1) is 0 Å². The zero-order chi connectivity index (χ0) is 16.5. The Bertz CT molecular complexity index is 984. The lowest BCUT2D eigenvalue weighted by molar-refractivity contribution is 0.807. The van der Waals surface area contributed by atoms with E-state index in [1.807, 2.05) is 25.5 Å². The second kappa shape index (κ2) is 5.90. The van der Waals surface area contributed by atoms with Gasteiger partial charge in [-0.05, 0) is 42.8 Å². The molecule has 6 heteroatoms. The highest BCUT2D eigenvalue weighted by atomic mass is 15.1. The van der Waals surface area contributed by atoms with Crippen LogP contribution >= 0.6 is 0 Å². The van der Waals surface area contributed by atoms with Crippen LogP contribution in [-0.2, 0) is 6.54 Å². The summed E-state index contributed by atoms with van der Waals surface area (Å²) in [7, 11) is 1.94. The monoisotopic (exact) mass is 318 g/mol. The standard InChI is InChI=1S/C18H18N6/c1-11-13(8-19-2)9-20-10-15(11)12-3-4-16-14(7-12)17(24-23-16)18-21-5-6-22-18/h3-7,9-10,19H,8H2,1-2H3,(H,21,22)(H,23,24). The number of aromatic amines is 2. The number of imidazole rings is 1. The molecule has 0 saturated heterocycles. The van der Waals surface area contributed by atoms with Crippen LogP contribution in [0.5, 0.6) is 0 Å². The maximum absolute atomic E-state index is 4.40. The zero-order valence-corrected chi connectivity index (χ0v) is 13.6. The molecule has 4 aromatic rings. The first-order valence-corrected chi connectivity index (χ1v) is 7.84. The molecule has 0 saturated carbocycles. The summed E-state index contributed by atoms with van der Waals surface area (Å²) in [6.45, 7) is 2.94. The largest absolute Gasteiger partial charge is 0.343 e. The minimum absolute atomic E-state index is 0.761. The maximum Gasteiger partial charge on any atom is 0.158 e. The van der Waals surface area contributed by atoms with E-state index < -0.39 is 0 Å². The molecule has 0 atom stereocenters. The molecule has 0 spiro atoms. The molecule has 1 aromatic carbocycles. The van der Waals surface area contributed by atoms with E-state index in [1.165, 1.54) is 11.1 Å². The number of hydrogen-bond acceptors (Lipinski definition) is 4. The Balaban J connectivity index is 1.87. The molecule has 6 nitrogen and oxygen atoms in total. The second-order valence-electron chi connectivity index (χ2n) is 5.77. The SMILES string of the molecule is CNCc1cncc(-c2ccc3[nH]nc(-c4ncc[nH]4)c3c2)c1C. The van der Waals surface area contributed by atoms with Crippen LogP contribution < -0.4 is 5.32 Å². The number of rotatable bonds is 4. The molecule has 4 rings (SSSR count). The number of H-pyrrole nitrogens is 2. The second-order valence-corrected chi connectivity index (χ2v) is 5.77. The van der Waals surface area contributed by atoms with Crippen LogP contribution in [0, 0.1) is 6.92 Å². The van der Waals surface area contributed by atoms with Crippen molar-refractivity contribution in [2.45, 2.75) is 13.5 Å². The van der Waals surface area contributed by atoms with Crippen molar-refractivity contribution in [3.63, 3.8) is 0 Å². The third kappa shape index (κ3) is 2.37. The summed E-state index contributed by atoms with van der Waals surface area (Å²) in [6.07, 6.45) is 7.37. The molecule has 0 fully saturated rings. The molecule has 0 aliphatic heterocycles. The summed E-state index contributed by atoms with van der Waals surface area (Å²) >= 11 is 0. The molecule has 3 aromatic heterocycles. The Hall–Kier alpha value is -2.99. The van der Waals surface area contributed by atoms with Gasteiger partial charge in [-0.2, -0.15) is 5.10 Å². The van der Waals surface area contributed by atoms with Crippen LogP contribution in [-0.4, -0.2) is 32.2 Å². The number of hydrogen-bond donors (Lipinski definition) is 3. The molecule has 0 aliphatic carbocycles. The van der Waals surface area contributed by atoms with Crippen molar-refractivity contribution in [2.24, 2.45) is 0 Å². The molecule has 24 heavy (non-hydrogen) atoms. The fourth-order valence-corrected chi connectivity index (χ4v) is 2.98. The molecular formula is C18H18N6. The fraction of sp³-hybridized carbons (Fsp3) is 0.167. The third-order valence-corrected chi connectivity index (χ3v) is 4.28. The molecule has 3 N–H and O–H groups in total. The van der Waals surface area contributed by atoms with Crippen molar-refractivity contribution in [3.8, 4) is 22.6 Å². The molecular weight excluding hydrogens is 300 g/mol. The highest BCUT2D eigenvalue weighted by Crippen LogP contribution is 2.31. The summed E-state index contributed by atoms with van der Waals surface area (Å²) < 4.78 is 0. The zero-order valence-electron chi connectivity index (χ0n) is 13.6. The van der Waals surface area contributed by atoms with E-state index in [4.69, 9.17) is 0 Å². The van der Waals surface area contributed by atoms with Gasteiger partial charge < -0.3 is 10.3 Å². The third-order valence-electron chi connectivity index (χ3n) is 4.28. The topological polar surface area (TPSA) is 82.3 Å². The average Bonchev–Trinajstić information content (AvgIpc) is 3.25. The first kappa shape index (κ1) is 14.6. The Morgan fingerprint density at radius 1 is 1.21 bits per heavy atom. The van der Waals surface area contributed by atoms with Gasteiger partial charge >= 0.3 is 0 Å². The van der Waals surface area contributed by atoms with E-state index in [0.717, 1.165) is 40.1 Å². The van der Waals surface area contributed by atoms with E-state index >= 15 is 0 Å². The van der Waals surface area contributed by atoms with E-state index in [-0.39, 0.29) is 0 Å². The summed E-state index contributed by atoms with van der Waals surface area (Å²) in [4.78, 5) is 11.8. The van der Waals surface area contributed by atoms with E-state index in [1.54, 1.807) is 12.4 Å². The Morgan fingerprint density at radius 3 is 2.92 bits per heavy atom. The Kier molecular flexibility index (Phi) is 3.59. The number of nitrogens with one attached hydrogen (secondary N) is 3. The normalized spacial score (nSPS) is 11.2. The lowest BCUT2D eigenvalue weighted by atomic mass is 9.98. The Morgan fingerprint density at radius 2 is 2.12 bits per heavy atom. The van der Waals surface area contributed by atoms with Gasteiger partial charge in [-0.25, -0.2) is 4.98 Å². The van der Waals surface area contributed by atoms with Crippen molar-refractivity contribution in [3.05, 3.63) is 54.1 Å². The number of nitrogens with zero attached hydrogens (tertiary/aromatic N) is 3. The van der Waals surface area contributed by atoms with E-state index in [9.17, 15) is 0 Å². The summed E-state index contributed by atoms with van der Waals surface area (Å²) in [5.74, 6) is 0.761. The minimum atomic E-state index is 0.761. The molecule has 0 aliphatic rings. The van der Waals surface area contributed by atoms with Crippen LogP contribution in [0.25, 0.3) is 33.5 Å². The maximum atomic E-state index is 4.40. The summed E-state index contributed by atoms with van der Waals surface area (Å²) in [6, 6.07) is 6.29. The van der Waals surface area contributed by atoms with Crippen LogP contribution in [0.4, 0.5) is 0 Å². The predicted octanol–water partition coefficient (Wildman–Crippen LogP) is 3.04. The van der Waals surface area contributed by atoms with Gasteiger partial charge in [0.15, 0.2) is 5.82 Å². The average molecular weight is 318 g/mol. The first-order chi connectivity index (χ1) is 11.8. The van der Waals surface area contributed by atoms with Gasteiger partial charge in [-0.1, -0.05) is 6.07 Å². The molecule has 3 heterocycles. The van der Waals surface area contributed by atoms with Gasteiger partial charge in [0.25, 0.3) is 0 Å². The highest BCUT2D eigenvalue weighted by molar-refractivity contribution is 5.94. The van der Waals surface area contributed by atoms with Crippen molar-refractivity contribution >= 4 is 10.9 Å². The predicted molar refractivity (Wildman–Crippen MR) is 94.4 cm³/mol. The van der Waals surface area contributed by atoms with Gasteiger partial charge in [0, 0.05) is 42.3 Å². The number of pyridine rings is 1. The van der Waals surface area contributed by atoms with Crippen molar-refractivity contribution in [2.75, 3.05) is 7.05 Å². The van der Waals surface area contributed by atoms with Crippen LogP contribution in [0.1, 0.15) is 11.1 Å². The number of benzene rings is 1. The van der Waals surface area contributed by atoms with Gasteiger partial charge in [-0.3, -0.25) is 10.1 Å². The van der Waals surface area contributed by atoms with Crippen molar-refractivity contribution < 1.29 is 0 Å². The smallest absolute Gasteiger partial charge is 0.158 e. The van der Waals surface area contributed by atoms with Gasteiger partial charge in [0.1, 0.15) is 5.69 Å². The summed E-state index contributed by atoms with van der Waals surface area (Å²) in [5.41, 5.74) is 6.52. The van der Waals surface area contributed by atoms with Crippen LogP contribution in [0.3, 0.4) is 0 Å². The van der Waals surface area contributed by atoms with E-state index in [2.05, 4.69) is 49.5 Å². The minimum Gasteiger partial charge on any atom is -0.343 e. The molecule has 120 valence electrons. The van der Waals surface area contributed by atoms with Crippen LogP contribution in [0.15, 0.2) is 43.0 Å². The van der Waals surface area contributed by atoms with Crippen molar-refractivity contribution in [1.82, 2.24) is 30.5 Å². The van der Waals surface area contributed by atoms with Gasteiger partial charge in [0.2, 0.25) is 0 Å². The lowest BCUT2D eigenvalue weighted by Gasteiger charge is -2.11.